The normalized spacial score (nSPS) is 19.4. The molecule has 8 nitrogen and oxygen atoms in total. The first-order chi connectivity index (χ1) is 14.6. The SMILES string of the molecule is CC(C)(C)OC(=O)N1CCNCC1CC#Cc1ccc(Cl)c(N2CCC(=O)NC2=O)c1. The Labute approximate surface area is 187 Å². The smallest absolute Gasteiger partial charge is 0.410 e. The van der Waals surface area contributed by atoms with Crippen LogP contribution in [0.2, 0.25) is 5.02 Å². The highest BCUT2D eigenvalue weighted by Gasteiger charge is 2.30. The van der Waals surface area contributed by atoms with Crippen molar-refractivity contribution in [3.63, 3.8) is 0 Å². The van der Waals surface area contributed by atoms with Crippen molar-refractivity contribution < 1.29 is 19.1 Å². The van der Waals surface area contributed by atoms with E-state index in [1.807, 2.05) is 20.8 Å². The molecule has 4 amide bonds. The molecule has 2 fully saturated rings. The summed E-state index contributed by atoms with van der Waals surface area (Å²) in [5.41, 5.74) is 0.647. The van der Waals surface area contributed by atoms with Crippen LogP contribution in [-0.2, 0) is 9.53 Å². The van der Waals surface area contributed by atoms with E-state index in [-0.39, 0.29) is 31.0 Å². The molecule has 0 aromatic heterocycles. The molecule has 0 bridgehead atoms. The van der Waals surface area contributed by atoms with Gasteiger partial charge in [0.1, 0.15) is 5.60 Å². The number of carbonyl (C=O) groups excluding carboxylic acids is 3. The second kappa shape index (κ2) is 9.58. The van der Waals surface area contributed by atoms with E-state index in [9.17, 15) is 14.4 Å². The molecule has 9 heteroatoms. The Kier molecular flexibility index (Phi) is 7.08. The first-order valence-corrected chi connectivity index (χ1v) is 10.6. The minimum atomic E-state index is -0.552. The molecule has 2 aliphatic heterocycles. The van der Waals surface area contributed by atoms with Gasteiger partial charge in [0.15, 0.2) is 0 Å². The van der Waals surface area contributed by atoms with Crippen molar-refractivity contribution in [2.45, 2.75) is 45.3 Å². The number of nitrogens with zero attached hydrogens (tertiary/aromatic N) is 2. The largest absolute Gasteiger partial charge is 0.444 e. The molecule has 0 saturated carbocycles. The summed E-state index contributed by atoms with van der Waals surface area (Å²) >= 11 is 6.27. The van der Waals surface area contributed by atoms with Gasteiger partial charge >= 0.3 is 12.1 Å². The molecular formula is C22H27ClN4O4. The number of imide groups is 1. The van der Waals surface area contributed by atoms with E-state index in [2.05, 4.69) is 22.5 Å². The fourth-order valence-corrected chi connectivity index (χ4v) is 3.59. The summed E-state index contributed by atoms with van der Waals surface area (Å²) in [5.74, 6) is 5.92. The van der Waals surface area contributed by atoms with Gasteiger partial charge in [0.25, 0.3) is 0 Å². The molecule has 2 saturated heterocycles. The van der Waals surface area contributed by atoms with Crippen LogP contribution in [0.15, 0.2) is 18.2 Å². The number of amides is 4. The number of hydrogen-bond acceptors (Lipinski definition) is 5. The third-order valence-corrected chi connectivity index (χ3v) is 5.16. The van der Waals surface area contributed by atoms with Crippen LogP contribution in [0.25, 0.3) is 0 Å². The van der Waals surface area contributed by atoms with Crippen molar-refractivity contribution in [2.75, 3.05) is 31.1 Å². The highest BCUT2D eigenvalue weighted by atomic mass is 35.5. The van der Waals surface area contributed by atoms with E-state index < -0.39 is 11.6 Å². The number of benzene rings is 1. The van der Waals surface area contributed by atoms with Crippen LogP contribution >= 0.6 is 11.6 Å². The Balaban J connectivity index is 1.70. The lowest BCUT2D eigenvalue weighted by molar-refractivity contribution is -0.120. The summed E-state index contributed by atoms with van der Waals surface area (Å²) in [5, 5.41) is 5.98. The van der Waals surface area contributed by atoms with Crippen molar-refractivity contribution in [2.24, 2.45) is 0 Å². The van der Waals surface area contributed by atoms with Crippen LogP contribution in [0, 0.1) is 11.8 Å². The number of nitrogens with one attached hydrogen (secondary N) is 2. The molecule has 0 spiro atoms. The zero-order chi connectivity index (χ0) is 22.6. The van der Waals surface area contributed by atoms with Crippen LogP contribution in [0.5, 0.6) is 0 Å². The van der Waals surface area contributed by atoms with Gasteiger partial charge < -0.3 is 15.0 Å². The number of anilines is 1. The number of hydrogen-bond donors (Lipinski definition) is 2. The van der Waals surface area contributed by atoms with Gasteiger partial charge in [-0.05, 0) is 39.0 Å². The number of urea groups is 1. The molecule has 1 aromatic rings. The topological polar surface area (TPSA) is 91.0 Å². The van der Waals surface area contributed by atoms with Crippen molar-refractivity contribution >= 4 is 35.3 Å². The van der Waals surface area contributed by atoms with E-state index in [4.69, 9.17) is 16.3 Å². The predicted octanol–water partition coefficient (Wildman–Crippen LogP) is 2.74. The number of halogens is 1. The molecule has 2 heterocycles. The molecule has 2 N–H and O–H groups in total. The summed E-state index contributed by atoms with van der Waals surface area (Å²) in [6.07, 6.45) is 0.357. The molecular weight excluding hydrogens is 420 g/mol. The Morgan fingerprint density at radius 1 is 1.29 bits per heavy atom. The van der Waals surface area contributed by atoms with Gasteiger partial charge in [-0.25, -0.2) is 9.59 Å². The first kappa shape index (κ1) is 22.9. The first-order valence-electron chi connectivity index (χ1n) is 10.2. The Hall–Kier alpha value is -2.76. The maximum absolute atomic E-state index is 12.5. The van der Waals surface area contributed by atoms with Gasteiger partial charge in [0.2, 0.25) is 5.91 Å². The van der Waals surface area contributed by atoms with E-state index in [1.165, 1.54) is 4.90 Å². The van der Waals surface area contributed by atoms with E-state index in [0.29, 0.717) is 42.3 Å². The van der Waals surface area contributed by atoms with Crippen LogP contribution in [0.1, 0.15) is 39.2 Å². The standard InChI is InChI=1S/C22H27ClN4O4/c1-22(2,3)31-21(30)26-12-10-24-14-16(26)6-4-5-15-7-8-17(23)18(13-15)27-11-9-19(28)25-20(27)29/h7-8,13,16,24H,6,9-12,14H2,1-3H3,(H,25,28,29). The lowest BCUT2D eigenvalue weighted by atomic mass is 10.1. The minimum absolute atomic E-state index is 0.0956. The molecule has 1 aromatic carbocycles. The number of ether oxygens (including phenoxy) is 1. The summed E-state index contributed by atoms with van der Waals surface area (Å²) in [6, 6.07) is 4.59. The quantitative estimate of drug-likeness (QED) is 0.681. The summed E-state index contributed by atoms with van der Waals surface area (Å²) in [6.45, 7) is 7.72. The van der Waals surface area contributed by atoms with Crippen molar-refractivity contribution in [1.82, 2.24) is 15.5 Å². The molecule has 3 rings (SSSR count). The second-order valence-electron chi connectivity index (χ2n) is 8.46. The summed E-state index contributed by atoms with van der Waals surface area (Å²) in [4.78, 5) is 39.2. The lowest BCUT2D eigenvalue weighted by Gasteiger charge is -2.36. The number of rotatable bonds is 2. The van der Waals surface area contributed by atoms with Gasteiger partial charge in [-0.2, -0.15) is 0 Å². The van der Waals surface area contributed by atoms with Gasteiger partial charge in [0, 0.05) is 44.6 Å². The molecule has 1 unspecified atom stereocenters. The van der Waals surface area contributed by atoms with Gasteiger partial charge in [-0.1, -0.05) is 23.4 Å². The fraction of sp³-hybridized carbons (Fsp3) is 0.500. The van der Waals surface area contributed by atoms with Gasteiger partial charge in [0.05, 0.1) is 16.8 Å². The molecule has 31 heavy (non-hydrogen) atoms. The van der Waals surface area contributed by atoms with Crippen molar-refractivity contribution in [3.8, 4) is 11.8 Å². The number of carbonyl (C=O) groups is 3. The summed E-state index contributed by atoms with van der Waals surface area (Å²) < 4.78 is 5.51. The highest BCUT2D eigenvalue weighted by molar-refractivity contribution is 6.34. The second-order valence-corrected chi connectivity index (χ2v) is 8.87. The fourth-order valence-electron chi connectivity index (χ4n) is 3.37. The molecule has 0 radical (unpaired) electrons. The lowest BCUT2D eigenvalue weighted by Crippen LogP contribution is -2.54. The predicted molar refractivity (Wildman–Crippen MR) is 118 cm³/mol. The zero-order valence-corrected chi connectivity index (χ0v) is 18.7. The third-order valence-electron chi connectivity index (χ3n) is 4.84. The van der Waals surface area contributed by atoms with Crippen LogP contribution in [-0.4, -0.2) is 60.8 Å². The average molecular weight is 447 g/mol. The Morgan fingerprint density at radius 3 is 2.77 bits per heavy atom. The molecule has 0 aliphatic carbocycles. The van der Waals surface area contributed by atoms with E-state index in [0.717, 1.165) is 0 Å². The van der Waals surface area contributed by atoms with E-state index in [1.54, 1.807) is 23.1 Å². The van der Waals surface area contributed by atoms with Crippen LogP contribution in [0.3, 0.4) is 0 Å². The third kappa shape index (κ3) is 6.12. The van der Waals surface area contributed by atoms with Crippen LogP contribution in [0.4, 0.5) is 15.3 Å². The maximum Gasteiger partial charge on any atom is 0.410 e. The molecule has 166 valence electrons. The summed E-state index contributed by atoms with van der Waals surface area (Å²) in [7, 11) is 0. The molecule has 2 aliphatic rings. The average Bonchev–Trinajstić information content (AvgIpc) is 2.69. The minimum Gasteiger partial charge on any atom is -0.444 e. The van der Waals surface area contributed by atoms with Crippen LogP contribution < -0.4 is 15.5 Å². The van der Waals surface area contributed by atoms with Crippen molar-refractivity contribution in [3.05, 3.63) is 28.8 Å². The van der Waals surface area contributed by atoms with Crippen molar-refractivity contribution in [1.29, 1.82) is 0 Å². The maximum atomic E-state index is 12.5. The number of piperazine rings is 1. The van der Waals surface area contributed by atoms with Gasteiger partial charge in [-0.15, -0.1) is 0 Å². The molecule has 1 atom stereocenters. The van der Waals surface area contributed by atoms with Gasteiger partial charge in [-0.3, -0.25) is 15.0 Å². The Bertz CT molecular complexity index is 932. The van der Waals surface area contributed by atoms with E-state index >= 15 is 0 Å². The monoisotopic (exact) mass is 446 g/mol. The highest BCUT2D eigenvalue weighted by Crippen LogP contribution is 2.28. The zero-order valence-electron chi connectivity index (χ0n) is 18.0. The Morgan fingerprint density at radius 2 is 2.06 bits per heavy atom.